The summed E-state index contributed by atoms with van der Waals surface area (Å²) in [4.78, 5) is 8.07. The lowest BCUT2D eigenvalue weighted by molar-refractivity contribution is 0.678. The summed E-state index contributed by atoms with van der Waals surface area (Å²) in [5.74, 6) is 0. The number of nitrogens with one attached hydrogen (secondary N) is 1. The Morgan fingerprint density at radius 1 is 1.00 bits per heavy atom. The normalized spacial score (nSPS) is 14.0. The molecule has 2 aromatic heterocycles. The molecule has 0 bridgehead atoms. The molecule has 3 rings (SSSR count). The Labute approximate surface area is 104 Å². The Bertz CT molecular complexity index is 578. The molecule has 0 unspecified atom stereocenters. The molecular weight excluding hydrogens is 228 g/mol. The van der Waals surface area contributed by atoms with Gasteiger partial charge in [0, 0.05) is 24.2 Å². The number of aromatic nitrogens is 2. The molecule has 0 saturated heterocycles. The summed E-state index contributed by atoms with van der Waals surface area (Å²) in [6.07, 6.45) is 8.56. The molecule has 88 valence electrons. The van der Waals surface area contributed by atoms with E-state index in [9.17, 15) is 0 Å². The first-order valence-electron chi connectivity index (χ1n) is 5.41. The summed E-state index contributed by atoms with van der Waals surface area (Å²) in [6.45, 7) is 0. The van der Waals surface area contributed by atoms with E-state index < -0.39 is 0 Å². The van der Waals surface area contributed by atoms with Crippen molar-refractivity contribution in [1.82, 2.24) is 15.5 Å². The van der Waals surface area contributed by atoms with Gasteiger partial charge in [0.2, 0.25) is 0 Å². The zero-order valence-electron chi connectivity index (χ0n) is 9.43. The number of hydrazone groups is 2. The Morgan fingerprint density at radius 2 is 1.83 bits per heavy atom. The Balaban J connectivity index is 1.79. The highest BCUT2D eigenvalue weighted by molar-refractivity contribution is 6.38. The summed E-state index contributed by atoms with van der Waals surface area (Å²) >= 11 is 0. The Hall–Kier alpha value is -2.76. The standard InChI is InChI=1S/C12H10N6/c1-3-10(7-13-5-1)12-9-15-18(17-16-12)11-4-2-6-14-8-11/h1-9,17H. The molecule has 6 nitrogen and oxygen atoms in total. The highest BCUT2D eigenvalue weighted by Crippen LogP contribution is 2.11. The van der Waals surface area contributed by atoms with Gasteiger partial charge in [-0.2, -0.15) is 20.9 Å². The molecule has 18 heavy (non-hydrogen) atoms. The maximum absolute atomic E-state index is 4.26. The van der Waals surface area contributed by atoms with Crippen LogP contribution in [0.5, 0.6) is 0 Å². The van der Waals surface area contributed by atoms with Crippen molar-refractivity contribution in [3.8, 4) is 0 Å². The topological polar surface area (TPSA) is 65.8 Å². The predicted octanol–water partition coefficient (Wildman–Crippen LogP) is 1.19. The van der Waals surface area contributed by atoms with Gasteiger partial charge in [0.05, 0.1) is 12.4 Å². The van der Waals surface area contributed by atoms with Gasteiger partial charge in [0.1, 0.15) is 11.4 Å². The van der Waals surface area contributed by atoms with Crippen LogP contribution in [0.4, 0.5) is 5.69 Å². The summed E-state index contributed by atoms with van der Waals surface area (Å²) in [5.41, 5.74) is 5.32. The average molecular weight is 238 g/mol. The van der Waals surface area contributed by atoms with E-state index in [-0.39, 0.29) is 0 Å². The fraction of sp³-hybridized carbons (Fsp3) is 0. The van der Waals surface area contributed by atoms with Crippen LogP contribution in [0.15, 0.2) is 59.3 Å². The molecule has 0 spiro atoms. The molecule has 1 aliphatic rings. The van der Waals surface area contributed by atoms with Crippen molar-refractivity contribution in [2.24, 2.45) is 10.2 Å². The van der Waals surface area contributed by atoms with Crippen LogP contribution in [0.1, 0.15) is 5.56 Å². The number of pyridine rings is 2. The minimum Gasteiger partial charge on any atom is -0.264 e. The zero-order valence-corrected chi connectivity index (χ0v) is 9.43. The summed E-state index contributed by atoms with van der Waals surface area (Å²) in [6, 6.07) is 7.52. The molecule has 0 aliphatic carbocycles. The van der Waals surface area contributed by atoms with E-state index >= 15 is 0 Å². The molecular formula is C12H10N6. The van der Waals surface area contributed by atoms with E-state index in [1.54, 1.807) is 36.1 Å². The van der Waals surface area contributed by atoms with Gasteiger partial charge in [0.15, 0.2) is 0 Å². The molecule has 0 amide bonds. The largest absolute Gasteiger partial charge is 0.264 e. The number of hydrogen-bond donors (Lipinski definition) is 1. The minimum absolute atomic E-state index is 0.739. The van der Waals surface area contributed by atoms with Crippen LogP contribution >= 0.6 is 0 Å². The third-order valence-electron chi connectivity index (χ3n) is 2.41. The van der Waals surface area contributed by atoms with Crippen LogP contribution < -0.4 is 10.7 Å². The fourth-order valence-electron chi connectivity index (χ4n) is 1.53. The number of nitrogens with zero attached hydrogens (tertiary/aromatic N) is 5. The first-order valence-corrected chi connectivity index (χ1v) is 5.41. The van der Waals surface area contributed by atoms with Gasteiger partial charge in [-0.05, 0) is 24.3 Å². The Morgan fingerprint density at radius 3 is 2.44 bits per heavy atom. The monoisotopic (exact) mass is 238 g/mol. The number of hydrogen-bond acceptors (Lipinski definition) is 6. The van der Waals surface area contributed by atoms with Crippen molar-refractivity contribution in [2.45, 2.75) is 0 Å². The highest BCUT2D eigenvalue weighted by Gasteiger charge is 2.10. The van der Waals surface area contributed by atoms with Crippen molar-refractivity contribution in [3.63, 3.8) is 0 Å². The summed E-state index contributed by atoms with van der Waals surface area (Å²) in [7, 11) is 0. The SMILES string of the molecule is C1=NN(c2cccnc2)NN=C1c1cccnc1. The third-order valence-corrected chi connectivity index (χ3v) is 2.41. The van der Waals surface area contributed by atoms with E-state index in [2.05, 4.69) is 25.7 Å². The van der Waals surface area contributed by atoms with E-state index in [1.807, 2.05) is 24.3 Å². The van der Waals surface area contributed by atoms with Gasteiger partial charge in [-0.15, -0.1) is 0 Å². The van der Waals surface area contributed by atoms with Crippen molar-refractivity contribution >= 4 is 17.6 Å². The Kier molecular flexibility index (Phi) is 2.67. The lowest BCUT2D eigenvalue weighted by Crippen LogP contribution is -2.34. The van der Waals surface area contributed by atoms with Crippen LogP contribution in [0.2, 0.25) is 0 Å². The van der Waals surface area contributed by atoms with Crippen LogP contribution in [0.3, 0.4) is 0 Å². The molecule has 1 aliphatic heterocycles. The van der Waals surface area contributed by atoms with Crippen molar-refractivity contribution in [2.75, 3.05) is 5.12 Å². The predicted molar refractivity (Wildman–Crippen MR) is 69.1 cm³/mol. The van der Waals surface area contributed by atoms with Crippen molar-refractivity contribution < 1.29 is 0 Å². The van der Waals surface area contributed by atoms with Gasteiger partial charge >= 0.3 is 0 Å². The van der Waals surface area contributed by atoms with Crippen molar-refractivity contribution in [1.29, 1.82) is 0 Å². The number of anilines is 1. The molecule has 2 aromatic rings. The maximum Gasteiger partial charge on any atom is 0.114 e. The second-order valence-corrected chi connectivity index (χ2v) is 3.61. The first kappa shape index (κ1) is 10.4. The van der Waals surface area contributed by atoms with Gasteiger partial charge in [-0.3, -0.25) is 9.97 Å². The maximum atomic E-state index is 4.26. The molecule has 3 heterocycles. The fourth-order valence-corrected chi connectivity index (χ4v) is 1.53. The molecule has 0 aromatic carbocycles. The van der Waals surface area contributed by atoms with E-state index in [0.29, 0.717) is 0 Å². The summed E-state index contributed by atoms with van der Waals surface area (Å²) < 4.78 is 0. The zero-order chi connectivity index (χ0) is 12.2. The molecule has 0 radical (unpaired) electrons. The second kappa shape index (κ2) is 4.62. The molecule has 0 atom stereocenters. The van der Waals surface area contributed by atoms with Gasteiger partial charge in [0.25, 0.3) is 0 Å². The van der Waals surface area contributed by atoms with Crippen molar-refractivity contribution in [3.05, 3.63) is 54.6 Å². The quantitative estimate of drug-likeness (QED) is 0.853. The molecule has 0 saturated carbocycles. The molecule has 1 N–H and O–H groups in total. The van der Waals surface area contributed by atoms with Crippen LogP contribution in [-0.2, 0) is 0 Å². The lowest BCUT2D eigenvalue weighted by atomic mass is 10.2. The van der Waals surface area contributed by atoms with E-state index in [1.165, 1.54) is 0 Å². The van der Waals surface area contributed by atoms with E-state index in [4.69, 9.17) is 0 Å². The second-order valence-electron chi connectivity index (χ2n) is 3.61. The van der Waals surface area contributed by atoms with Crippen LogP contribution in [0, 0.1) is 0 Å². The van der Waals surface area contributed by atoms with Gasteiger partial charge in [-0.25, -0.2) is 0 Å². The average Bonchev–Trinajstić information content (AvgIpc) is 2.49. The highest BCUT2D eigenvalue weighted by atomic mass is 15.8. The molecule has 6 heteroatoms. The molecule has 0 fully saturated rings. The van der Waals surface area contributed by atoms with Gasteiger partial charge in [-0.1, -0.05) is 0 Å². The number of hydrazine groups is 1. The van der Waals surface area contributed by atoms with Crippen LogP contribution in [-0.4, -0.2) is 21.9 Å². The smallest absolute Gasteiger partial charge is 0.114 e. The first-order chi connectivity index (χ1) is 8.93. The lowest BCUT2D eigenvalue weighted by Gasteiger charge is -2.20. The van der Waals surface area contributed by atoms with E-state index in [0.717, 1.165) is 17.0 Å². The minimum atomic E-state index is 0.739. The van der Waals surface area contributed by atoms with Crippen LogP contribution in [0.25, 0.3) is 0 Å². The number of rotatable bonds is 2. The third kappa shape index (κ3) is 2.03. The summed E-state index contributed by atoms with van der Waals surface area (Å²) in [5, 5.41) is 10.0. The van der Waals surface area contributed by atoms with Gasteiger partial charge < -0.3 is 0 Å².